The molecule has 118 valence electrons. The van der Waals surface area contributed by atoms with Crippen LogP contribution in [0.4, 0.5) is 0 Å². The molecule has 0 radical (unpaired) electrons. The highest BCUT2D eigenvalue weighted by atomic mass is 16.3. The van der Waals surface area contributed by atoms with E-state index in [0.29, 0.717) is 12.3 Å². The number of fused-ring (bicyclic) bond motifs is 2. The number of hydrogen-bond acceptors (Lipinski definition) is 2. The largest absolute Gasteiger partial charge is 0.388 e. The Kier molecular flexibility index (Phi) is 2.73. The van der Waals surface area contributed by atoms with Crippen molar-refractivity contribution in [3.63, 3.8) is 0 Å². The van der Waals surface area contributed by atoms with Gasteiger partial charge in [0.2, 0.25) is 0 Å². The Labute approximate surface area is 139 Å². The summed E-state index contributed by atoms with van der Waals surface area (Å²) in [5.41, 5.74) is 5.77. The van der Waals surface area contributed by atoms with Crippen molar-refractivity contribution in [2.75, 3.05) is 13.1 Å². The number of rotatable bonds is 2. The fraction of sp³-hybridized carbons (Fsp3) is 0.429. The van der Waals surface area contributed by atoms with E-state index in [1.165, 1.54) is 29.5 Å². The second-order valence-corrected chi connectivity index (χ2v) is 7.45. The van der Waals surface area contributed by atoms with Gasteiger partial charge in [0.05, 0.1) is 7.45 Å². The van der Waals surface area contributed by atoms with Crippen molar-refractivity contribution in [2.24, 2.45) is 0 Å². The SMILES string of the molecule is [2H]C1(O)CC2(CCNC2)c2ccc(-c3ccccc3C3CC3)cc21. The van der Waals surface area contributed by atoms with Crippen molar-refractivity contribution in [3.05, 3.63) is 59.2 Å². The molecule has 1 spiro atoms. The van der Waals surface area contributed by atoms with E-state index in [0.717, 1.165) is 30.6 Å². The van der Waals surface area contributed by atoms with Crippen molar-refractivity contribution in [1.82, 2.24) is 5.32 Å². The second-order valence-electron chi connectivity index (χ2n) is 7.45. The van der Waals surface area contributed by atoms with Gasteiger partial charge in [0, 0.05) is 12.0 Å². The molecule has 1 heterocycles. The summed E-state index contributed by atoms with van der Waals surface area (Å²) in [4.78, 5) is 0. The summed E-state index contributed by atoms with van der Waals surface area (Å²) in [5, 5.41) is 14.2. The highest BCUT2D eigenvalue weighted by Gasteiger charge is 2.45. The summed E-state index contributed by atoms with van der Waals surface area (Å²) >= 11 is 0. The molecule has 2 aliphatic carbocycles. The molecule has 5 rings (SSSR count). The van der Waals surface area contributed by atoms with Gasteiger partial charge in [-0.1, -0.05) is 36.4 Å². The average Bonchev–Trinajstić information content (AvgIpc) is 3.29. The molecule has 2 nitrogen and oxygen atoms in total. The zero-order valence-electron chi connectivity index (χ0n) is 14.3. The molecule has 3 aliphatic rings. The average molecular weight is 306 g/mol. The van der Waals surface area contributed by atoms with Crippen molar-refractivity contribution in [2.45, 2.75) is 43.1 Å². The molecule has 2 fully saturated rings. The van der Waals surface area contributed by atoms with Crippen LogP contribution in [0.1, 0.15) is 55.7 Å². The van der Waals surface area contributed by atoms with Crippen LogP contribution in [0.15, 0.2) is 42.5 Å². The molecule has 2 N–H and O–H groups in total. The van der Waals surface area contributed by atoms with E-state index >= 15 is 0 Å². The highest BCUT2D eigenvalue weighted by molar-refractivity contribution is 5.70. The van der Waals surface area contributed by atoms with Gasteiger partial charge in [0.1, 0.15) is 0 Å². The lowest BCUT2D eigenvalue weighted by molar-refractivity contribution is 0.158. The Bertz CT molecular complexity index is 803. The van der Waals surface area contributed by atoms with Crippen molar-refractivity contribution in [1.29, 1.82) is 0 Å². The molecule has 2 unspecified atom stereocenters. The first kappa shape index (κ1) is 12.7. The third kappa shape index (κ3) is 2.09. The van der Waals surface area contributed by atoms with Crippen LogP contribution in [0.2, 0.25) is 0 Å². The summed E-state index contributed by atoms with van der Waals surface area (Å²) in [7, 11) is 0. The minimum atomic E-state index is -1.47. The molecule has 23 heavy (non-hydrogen) atoms. The van der Waals surface area contributed by atoms with Gasteiger partial charge in [-0.2, -0.15) is 0 Å². The van der Waals surface area contributed by atoms with Crippen LogP contribution in [-0.4, -0.2) is 18.2 Å². The normalized spacial score (nSPS) is 33.0. The Balaban J connectivity index is 1.64. The fourth-order valence-corrected chi connectivity index (χ4v) is 4.56. The Morgan fingerprint density at radius 2 is 2.00 bits per heavy atom. The van der Waals surface area contributed by atoms with Crippen LogP contribution in [0.5, 0.6) is 0 Å². The number of benzene rings is 2. The monoisotopic (exact) mass is 306 g/mol. The molecule has 2 heteroatoms. The second kappa shape index (κ2) is 4.93. The highest BCUT2D eigenvalue weighted by Crippen LogP contribution is 2.50. The van der Waals surface area contributed by atoms with Gasteiger partial charge in [-0.3, -0.25) is 0 Å². The lowest BCUT2D eigenvalue weighted by Gasteiger charge is -2.23. The zero-order chi connectivity index (χ0) is 16.4. The number of hydrogen-bond donors (Lipinski definition) is 2. The van der Waals surface area contributed by atoms with E-state index in [-0.39, 0.29) is 5.41 Å². The van der Waals surface area contributed by atoms with Gasteiger partial charge in [-0.25, -0.2) is 0 Å². The van der Waals surface area contributed by atoms with Gasteiger partial charge in [-0.05, 0) is 72.0 Å². The topological polar surface area (TPSA) is 32.3 Å². The minimum Gasteiger partial charge on any atom is -0.388 e. The van der Waals surface area contributed by atoms with E-state index in [9.17, 15) is 5.11 Å². The molecular formula is C21H23NO. The van der Waals surface area contributed by atoms with Gasteiger partial charge in [0.25, 0.3) is 0 Å². The Hall–Kier alpha value is -1.64. The van der Waals surface area contributed by atoms with Gasteiger partial charge < -0.3 is 10.4 Å². The predicted octanol–water partition coefficient (Wildman–Crippen LogP) is 3.90. The maximum atomic E-state index is 10.8. The number of nitrogens with one attached hydrogen (secondary N) is 1. The molecule has 0 amide bonds. The quantitative estimate of drug-likeness (QED) is 0.882. The summed E-state index contributed by atoms with van der Waals surface area (Å²) in [6, 6.07) is 15.1. The third-order valence-corrected chi connectivity index (χ3v) is 5.94. The first-order valence-corrected chi connectivity index (χ1v) is 8.77. The molecular weight excluding hydrogens is 282 g/mol. The lowest BCUT2D eigenvalue weighted by atomic mass is 9.80. The van der Waals surface area contributed by atoms with Gasteiger partial charge in [0.15, 0.2) is 0 Å². The standard InChI is InChI=1S/C21H23NO/c23-20-12-21(9-10-22-13-21)19-8-7-15(11-18(19)20)17-4-2-1-3-16(17)14-5-6-14/h1-4,7-8,11,14,20,22-23H,5-6,9-10,12-13H2/i20D. The van der Waals surface area contributed by atoms with Crippen LogP contribution in [0.25, 0.3) is 11.1 Å². The molecule has 2 aromatic carbocycles. The smallest absolute Gasteiger partial charge is 0.0802 e. The van der Waals surface area contributed by atoms with Crippen LogP contribution in [-0.2, 0) is 5.41 Å². The Morgan fingerprint density at radius 3 is 2.78 bits per heavy atom. The van der Waals surface area contributed by atoms with Crippen LogP contribution >= 0.6 is 0 Å². The maximum absolute atomic E-state index is 10.8. The van der Waals surface area contributed by atoms with Crippen molar-refractivity contribution in [3.8, 4) is 11.1 Å². The third-order valence-electron chi connectivity index (χ3n) is 5.94. The molecule has 1 saturated carbocycles. The molecule has 0 bridgehead atoms. The maximum Gasteiger partial charge on any atom is 0.0802 e. The first-order valence-electron chi connectivity index (χ1n) is 9.27. The molecule has 0 aromatic heterocycles. The van der Waals surface area contributed by atoms with E-state index in [1.807, 2.05) is 0 Å². The zero-order valence-corrected chi connectivity index (χ0v) is 13.3. The first-order chi connectivity index (χ1) is 11.6. The summed E-state index contributed by atoms with van der Waals surface area (Å²) < 4.78 is 8.50. The van der Waals surface area contributed by atoms with Gasteiger partial charge in [-0.15, -0.1) is 0 Å². The summed E-state index contributed by atoms with van der Waals surface area (Å²) in [6.07, 6.45) is 2.61. The van der Waals surface area contributed by atoms with Crippen molar-refractivity contribution >= 4 is 0 Å². The molecule has 1 aliphatic heterocycles. The molecule has 2 atom stereocenters. The van der Waals surface area contributed by atoms with Crippen LogP contribution in [0.3, 0.4) is 0 Å². The number of aliphatic hydroxyl groups is 1. The van der Waals surface area contributed by atoms with E-state index < -0.39 is 6.08 Å². The fourth-order valence-electron chi connectivity index (χ4n) is 4.56. The lowest BCUT2D eigenvalue weighted by Crippen LogP contribution is -2.26. The summed E-state index contributed by atoms with van der Waals surface area (Å²) in [6.45, 7) is 1.85. The predicted molar refractivity (Wildman–Crippen MR) is 92.6 cm³/mol. The molecule has 2 aromatic rings. The van der Waals surface area contributed by atoms with Crippen molar-refractivity contribution < 1.29 is 6.48 Å². The van der Waals surface area contributed by atoms with Gasteiger partial charge >= 0.3 is 0 Å². The minimum absolute atomic E-state index is 0.0552. The van der Waals surface area contributed by atoms with E-state index in [2.05, 4.69) is 47.8 Å². The van der Waals surface area contributed by atoms with Crippen LogP contribution < -0.4 is 5.32 Å². The Morgan fingerprint density at radius 1 is 1.13 bits per heavy atom. The van der Waals surface area contributed by atoms with E-state index in [1.54, 1.807) is 0 Å². The summed E-state index contributed by atoms with van der Waals surface area (Å²) in [5.74, 6) is 0.690. The van der Waals surface area contributed by atoms with Crippen LogP contribution in [0, 0.1) is 0 Å². The molecule has 1 saturated heterocycles. The van der Waals surface area contributed by atoms with E-state index in [4.69, 9.17) is 1.37 Å².